The van der Waals surface area contributed by atoms with Crippen LogP contribution in [0, 0.1) is 0 Å². The average molecular weight is 730 g/mol. The van der Waals surface area contributed by atoms with Crippen LogP contribution in [0.2, 0.25) is 0 Å². The van der Waals surface area contributed by atoms with Crippen molar-refractivity contribution in [1.82, 2.24) is 0 Å². The van der Waals surface area contributed by atoms with Gasteiger partial charge >= 0.3 is 0 Å². The minimum absolute atomic E-state index is 0.125. The van der Waals surface area contributed by atoms with Gasteiger partial charge in [-0.15, -0.1) is 0 Å². The largest absolute Gasteiger partial charge is 0.310 e. The first-order chi connectivity index (χ1) is 27.8. The summed E-state index contributed by atoms with van der Waals surface area (Å²) in [5, 5.41) is 5.14. The van der Waals surface area contributed by atoms with E-state index in [4.69, 9.17) is 0 Å². The number of benzene rings is 9. The molecular weight excluding hydrogens is 687 g/mol. The highest BCUT2D eigenvalue weighted by Gasteiger charge is 2.38. The van der Waals surface area contributed by atoms with Crippen LogP contribution in [0.15, 0.2) is 188 Å². The van der Waals surface area contributed by atoms with E-state index in [-0.39, 0.29) is 10.8 Å². The van der Waals surface area contributed by atoms with Gasteiger partial charge in [-0.2, -0.15) is 0 Å². The zero-order valence-electron chi connectivity index (χ0n) is 32.8. The first-order valence-corrected chi connectivity index (χ1v) is 20.2. The van der Waals surface area contributed by atoms with Crippen LogP contribution in [0.1, 0.15) is 49.9 Å². The van der Waals surface area contributed by atoms with Crippen LogP contribution in [-0.2, 0) is 10.8 Å². The molecule has 0 heterocycles. The van der Waals surface area contributed by atoms with Gasteiger partial charge in [-0.05, 0) is 119 Å². The highest BCUT2D eigenvalue weighted by Crippen LogP contribution is 2.56. The van der Waals surface area contributed by atoms with Gasteiger partial charge in [0, 0.05) is 27.8 Å². The number of rotatable bonds is 5. The number of anilines is 3. The molecule has 0 aliphatic heterocycles. The summed E-state index contributed by atoms with van der Waals surface area (Å²) in [6.07, 6.45) is 0. The van der Waals surface area contributed by atoms with E-state index in [0.29, 0.717) is 0 Å². The fourth-order valence-electron chi connectivity index (χ4n) is 10.1. The SMILES string of the molecule is CC1(C)c2ccccc2-c2ccc(N(c3ccc(-c4ccccc4)cc3)c3ccc4cccc5c4c3-c3cc(-c4cccc6ccccc46)ccc3C5(C)C)cc21. The second-order valence-electron chi connectivity index (χ2n) is 16.9. The molecule has 2 aliphatic carbocycles. The van der Waals surface area contributed by atoms with Crippen LogP contribution in [0.5, 0.6) is 0 Å². The van der Waals surface area contributed by atoms with E-state index in [1.54, 1.807) is 0 Å². The number of nitrogens with zero attached hydrogens (tertiary/aromatic N) is 1. The molecule has 0 saturated carbocycles. The molecule has 0 amide bonds. The summed E-state index contributed by atoms with van der Waals surface area (Å²) in [4.78, 5) is 2.52. The molecule has 0 radical (unpaired) electrons. The molecule has 0 atom stereocenters. The maximum absolute atomic E-state index is 2.52. The summed E-state index contributed by atoms with van der Waals surface area (Å²) in [5.41, 5.74) is 18.8. The van der Waals surface area contributed by atoms with Crippen LogP contribution in [0.25, 0.3) is 66.1 Å². The summed E-state index contributed by atoms with van der Waals surface area (Å²) < 4.78 is 0. The minimum Gasteiger partial charge on any atom is -0.310 e. The van der Waals surface area contributed by atoms with Crippen LogP contribution in [0.4, 0.5) is 17.1 Å². The van der Waals surface area contributed by atoms with Crippen molar-refractivity contribution >= 4 is 38.6 Å². The molecule has 11 rings (SSSR count). The van der Waals surface area contributed by atoms with Gasteiger partial charge in [-0.3, -0.25) is 0 Å². The molecule has 2 aliphatic rings. The topological polar surface area (TPSA) is 3.24 Å². The van der Waals surface area contributed by atoms with Gasteiger partial charge in [0.05, 0.1) is 5.69 Å². The van der Waals surface area contributed by atoms with Crippen molar-refractivity contribution in [3.8, 4) is 44.5 Å². The van der Waals surface area contributed by atoms with Crippen LogP contribution in [0.3, 0.4) is 0 Å². The first kappa shape index (κ1) is 33.6. The van der Waals surface area contributed by atoms with Gasteiger partial charge in [0.15, 0.2) is 0 Å². The number of fused-ring (bicyclic) bond motifs is 6. The van der Waals surface area contributed by atoms with Crippen LogP contribution >= 0.6 is 0 Å². The van der Waals surface area contributed by atoms with Crippen molar-refractivity contribution in [3.63, 3.8) is 0 Å². The van der Waals surface area contributed by atoms with Crippen molar-refractivity contribution in [2.24, 2.45) is 0 Å². The molecule has 57 heavy (non-hydrogen) atoms. The van der Waals surface area contributed by atoms with Gasteiger partial charge in [-0.25, -0.2) is 0 Å². The lowest BCUT2D eigenvalue weighted by molar-refractivity contribution is 0.645. The first-order valence-electron chi connectivity index (χ1n) is 20.2. The maximum Gasteiger partial charge on any atom is 0.0546 e. The highest BCUT2D eigenvalue weighted by molar-refractivity contribution is 6.11. The maximum atomic E-state index is 2.52. The molecule has 9 aromatic rings. The lowest BCUT2D eigenvalue weighted by atomic mass is 9.67. The van der Waals surface area contributed by atoms with E-state index in [1.165, 1.54) is 94.0 Å². The Bertz CT molecular complexity index is 3050. The third-order valence-electron chi connectivity index (χ3n) is 13.1. The van der Waals surface area contributed by atoms with Crippen LogP contribution in [-0.4, -0.2) is 0 Å². The third-order valence-corrected chi connectivity index (χ3v) is 13.1. The summed E-state index contributed by atoms with van der Waals surface area (Å²) in [6, 6.07) is 70.2. The second kappa shape index (κ2) is 12.4. The van der Waals surface area contributed by atoms with E-state index in [9.17, 15) is 0 Å². The molecule has 0 aromatic heterocycles. The standard InChI is InChI=1S/C56H43N/c1-55(2)49-32-26-40(44-21-12-17-38-16-8-9-19-43(38)44)34-47(49)54-52(33-27-39-18-13-23-50(55)53(39)54)57(41-28-24-37(25-29-41)36-14-6-5-7-15-36)42-30-31-46-45-20-10-11-22-48(45)56(3,4)51(46)35-42/h5-35H,1-4H3. The lowest BCUT2D eigenvalue weighted by Crippen LogP contribution is -2.24. The Labute approximate surface area is 335 Å². The van der Waals surface area contributed by atoms with Crippen molar-refractivity contribution in [2.75, 3.05) is 4.90 Å². The van der Waals surface area contributed by atoms with Gasteiger partial charge < -0.3 is 4.90 Å². The highest BCUT2D eigenvalue weighted by atomic mass is 15.1. The predicted molar refractivity (Wildman–Crippen MR) is 242 cm³/mol. The second-order valence-corrected chi connectivity index (χ2v) is 16.9. The third kappa shape index (κ3) is 5.02. The Balaban J connectivity index is 1.19. The quantitative estimate of drug-likeness (QED) is 0.170. The van der Waals surface area contributed by atoms with E-state index >= 15 is 0 Å². The molecule has 0 bridgehead atoms. The molecule has 0 fully saturated rings. The number of hydrogen-bond acceptors (Lipinski definition) is 1. The smallest absolute Gasteiger partial charge is 0.0546 e. The van der Waals surface area contributed by atoms with Crippen molar-refractivity contribution in [1.29, 1.82) is 0 Å². The fourth-order valence-corrected chi connectivity index (χ4v) is 10.1. The Morgan fingerprint density at radius 3 is 1.81 bits per heavy atom. The molecule has 0 unspecified atom stereocenters. The Morgan fingerprint density at radius 2 is 0.947 bits per heavy atom. The predicted octanol–water partition coefficient (Wildman–Crippen LogP) is 15.4. The molecule has 1 heteroatoms. The van der Waals surface area contributed by atoms with Crippen molar-refractivity contribution in [3.05, 3.63) is 210 Å². The normalized spacial score (nSPS) is 14.2. The Hall–Kier alpha value is -6.70. The van der Waals surface area contributed by atoms with Crippen molar-refractivity contribution in [2.45, 2.75) is 38.5 Å². The van der Waals surface area contributed by atoms with Gasteiger partial charge in [0.2, 0.25) is 0 Å². The average Bonchev–Trinajstić information content (AvgIpc) is 3.48. The monoisotopic (exact) mass is 729 g/mol. The molecular formula is C56H43N. The summed E-state index contributed by atoms with van der Waals surface area (Å²) in [6.45, 7) is 9.54. The molecule has 272 valence electrons. The fraction of sp³-hybridized carbons (Fsp3) is 0.107. The summed E-state index contributed by atoms with van der Waals surface area (Å²) in [7, 11) is 0. The zero-order valence-corrected chi connectivity index (χ0v) is 32.8. The molecule has 0 N–H and O–H groups in total. The van der Waals surface area contributed by atoms with E-state index in [2.05, 4.69) is 221 Å². The van der Waals surface area contributed by atoms with Crippen LogP contribution < -0.4 is 4.90 Å². The summed E-state index contributed by atoms with van der Waals surface area (Å²) in [5.74, 6) is 0. The lowest BCUT2D eigenvalue weighted by Gasteiger charge is -2.38. The summed E-state index contributed by atoms with van der Waals surface area (Å²) >= 11 is 0. The Morgan fingerprint density at radius 1 is 0.351 bits per heavy atom. The Kier molecular flexibility index (Phi) is 7.32. The molecule has 0 saturated heterocycles. The molecule has 9 aromatic carbocycles. The molecule has 1 nitrogen and oxygen atoms in total. The minimum atomic E-state index is -0.191. The van der Waals surface area contributed by atoms with Gasteiger partial charge in [-0.1, -0.05) is 179 Å². The van der Waals surface area contributed by atoms with Gasteiger partial charge in [0.1, 0.15) is 0 Å². The van der Waals surface area contributed by atoms with E-state index in [1.807, 2.05) is 0 Å². The van der Waals surface area contributed by atoms with E-state index in [0.717, 1.165) is 11.4 Å². The zero-order chi connectivity index (χ0) is 38.5. The van der Waals surface area contributed by atoms with Crippen molar-refractivity contribution < 1.29 is 0 Å². The van der Waals surface area contributed by atoms with E-state index < -0.39 is 0 Å². The van der Waals surface area contributed by atoms with Gasteiger partial charge in [0.25, 0.3) is 0 Å². The number of hydrogen-bond donors (Lipinski definition) is 0. The molecule has 0 spiro atoms.